The van der Waals surface area contributed by atoms with Crippen LogP contribution >= 0.6 is 0 Å². The van der Waals surface area contributed by atoms with Crippen LogP contribution in [0.3, 0.4) is 0 Å². The molecule has 1 rings (SSSR count). The first-order valence-corrected chi connectivity index (χ1v) is 8.33. The summed E-state index contributed by atoms with van der Waals surface area (Å²) in [6.45, 7) is 10.3. The fraction of sp³-hybridized carbons (Fsp3) is 1.00. The van der Waals surface area contributed by atoms with E-state index in [9.17, 15) is 8.42 Å². The van der Waals surface area contributed by atoms with E-state index in [2.05, 4.69) is 5.32 Å². The van der Waals surface area contributed by atoms with E-state index >= 15 is 0 Å². The lowest BCUT2D eigenvalue weighted by Crippen LogP contribution is -2.50. The zero-order chi connectivity index (χ0) is 13.8. The van der Waals surface area contributed by atoms with Gasteiger partial charge in [0.25, 0.3) is 10.2 Å². The standard InChI is InChI=1S/C12H27N3O2S/c1-5-14(6-2)18(16,17)15(11(3)4)10-12-8-7-9-13-12/h11-13H,5-10H2,1-4H3. The lowest BCUT2D eigenvalue weighted by atomic mass is 10.2. The summed E-state index contributed by atoms with van der Waals surface area (Å²) in [7, 11) is -3.32. The maximum Gasteiger partial charge on any atom is 0.282 e. The van der Waals surface area contributed by atoms with Gasteiger partial charge >= 0.3 is 0 Å². The first-order valence-electron chi connectivity index (χ1n) is 6.93. The molecule has 0 aromatic carbocycles. The molecule has 1 heterocycles. The van der Waals surface area contributed by atoms with Gasteiger partial charge in [0, 0.05) is 31.7 Å². The van der Waals surface area contributed by atoms with Gasteiger partial charge in [0.2, 0.25) is 0 Å². The molecule has 6 heteroatoms. The van der Waals surface area contributed by atoms with Crippen LogP contribution in [-0.2, 0) is 10.2 Å². The minimum atomic E-state index is -3.32. The molecular formula is C12H27N3O2S. The molecule has 0 aliphatic carbocycles. The maximum absolute atomic E-state index is 12.5. The van der Waals surface area contributed by atoms with E-state index in [-0.39, 0.29) is 6.04 Å². The summed E-state index contributed by atoms with van der Waals surface area (Å²) in [6, 6.07) is 0.302. The number of rotatable bonds is 7. The van der Waals surface area contributed by atoms with E-state index in [1.165, 1.54) is 4.31 Å². The highest BCUT2D eigenvalue weighted by atomic mass is 32.2. The van der Waals surface area contributed by atoms with Gasteiger partial charge in [0.15, 0.2) is 0 Å². The summed E-state index contributed by atoms with van der Waals surface area (Å²) in [4.78, 5) is 0. The molecule has 0 radical (unpaired) electrons. The van der Waals surface area contributed by atoms with Crippen molar-refractivity contribution >= 4 is 10.2 Å². The molecule has 0 bridgehead atoms. The Hall–Kier alpha value is -0.170. The maximum atomic E-state index is 12.5. The van der Waals surface area contributed by atoms with Gasteiger partial charge in [0.05, 0.1) is 0 Å². The van der Waals surface area contributed by atoms with E-state index < -0.39 is 10.2 Å². The third-order valence-corrected chi connectivity index (χ3v) is 5.80. The molecule has 0 aromatic rings. The number of nitrogens with zero attached hydrogens (tertiary/aromatic N) is 2. The Morgan fingerprint density at radius 1 is 1.28 bits per heavy atom. The Morgan fingerprint density at radius 3 is 2.28 bits per heavy atom. The highest BCUT2D eigenvalue weighted by Crippen LogP contribution is 2.16. The van der Waals surface area contributed by atoms with E-state index in [1.807, 2.05) is 27.7 Å². The van der Waals surface area contributed by atoms with E-state index in [0.29, 0.717) is 25.7 Å². The lowest BCUT2D eigenvalue weighted by molar-refractivity contribution is 0.290. The van der Waals surface area contributed by atoms with Gasteiger partial charge in [-0.15, -0.1) is 0 Å². The minimum Gasteiger partial charge on any atom is -0.313 e. The molecule has 1 fully saturated rings. The fourth-order valence-electron chi connectivity index (χ4n) is 2.40. The Bertz CT molecular complexity index is 333. The Balaban J connectivity index is 2.82. The fourth-order valence-corrected chi connectivity index (χ4v) is 4.25. The normalized spacial score (nSPS) is 21.4. The molecule has 1 saturated heterocycles. The van der Waals surface area contributed by atoms with Crippen molar-refractivity contribution in [2.45, 2.75) is 52.6 Å². The number of hydrogen-bond acceptors (Lipinski definition) is 3. The van der Waals surface area contributed by atoms with Crippen molar-refractivity contribution in [1.82, 2.24) is 13.9 Å². The molecule has 1 N–H and O–H groups in total. The van der Waals surface area contributed by atoms with Gasteiger partial charge in [-0.25, -0.2) is 0 Å². The average Bonchev–Trinajstić information content (AvgIpc) is 2.79. The lowest BCUT2D eigenvalue weighted by Gasteiger charge is -2.33. The van der Waals surface area contributed by atoms with Gasteiger partial charge in [-0.1, -0.05) is 13.8 Å². The van der Waals surface area contributed by atoms with Crippen molar-refractivity contribution in [3.8, 4) is 0 Å². The van der Waals surface area contributed by atoms with Crippen LogP contribution in [0.15, 0.2) is 0 Å². The third-order valence-electron chi connectivity index (χ3n) is 3.47. The molecule has 5 nitrogen and oxygen atoms in total. The third kappa shape index (κ3) is 3.66. The van der Waals surface area contributed by atoms with Crippen molar-refractivity contribution in [3.63, 3.8) is 0 Å². The highest BCUT2D eigenvalue weighted by Gasteiger charge is 2.32. The second-order valence-corrected chi connectivity index (χ2v) is 6.93. The van der Waals surface area contributed by atoms with Crippen molar-refractivity contribution in [1.29, 1.82) is 0 Å². The topological polar surface area (TPSA) is 52.7 Å². The van der Waals surface area contributed by atoms with Crippen LogP contribution in [0.2, 0.25) is 0 Å². The zero-order valence-corrected chi connectivity index (χ0v) is 12.8. The van der Waals surface area contributed by atoms with E-state index in [1.54, 1.807) is 4.31 Å². The average molecular weight is 277 g/mol. The monoisotopic (exact) mass is 277 g/mol. The summed E-state index contributed by atoms with van der Waals surface area (Å²) in [6.07, 6.45) is 2.21. The van der Waals surface area contributed by atoms with Gasteiger partial charge in [-0.05, 0) is 33.2 Å². The van der Waals surface area contributed by atoms with Crippen LogP contribution in [0.25, 0.3) is 0 Å². The van der Waals surface area contributed by atoms with Gasteiger partial charge < -0.3 is 5.32 Å². The summed E-state index contributed by atoms with van der Waals surface area (Å²) in [5.41, 5.74) is 0. The predicted molar refractivity (Wildman–Crippen MR) is 74.7 cm³/mol. The quantitative estimate of drug-likeness (QED) is 0.756. The smallest absolute Gasteiger partial charge is 0.282 e. The van der Waals surface area contributed by atoms with Crippen LogP contribution in [-0.4, -0.2) is 55.3 Å². The molecule has 0 saturated carbocycles. The summed E-state index contributed by atoms with van der Waals surface area (Å²) in [5.74, 6) is 0. The molecule has 0 amide bonds. The van der Waals surface area contributed by atoms with Crippen molar-refractivity contribution in [2.24, 2.45) is 0 Å². The highest BCUT2D eigenvalue weighted by molar-refractivity contribution is 7.86. The molecule has 0 spiro atoms. The minimum absolute atomic E-state index is 0.00185. The van der Waals surface area contributed by atoms with Crippen LogP contribution in [0, 0.1) is 0 Å². The second-order valence-electron chi connectivity index (χ2n) is 5.05. The summed E-state index contributed by atoms with van der Waals surface area (Å²) < 4.78 is 28.3. The number of hydrogen-bond donors (Lipinski definition) is 1. The van der Waals surface area contributed by atoms with E-state index in [0.717, 1.165) is 19.4 Å². The molecule has 1 aliphatic heterocycles. The Kier molecular flexibility index (Phi) is 6.04. The summed E-state index contributed by atoms with van der Waals surface area (Å²) in [5, 5.41) is 3.36. The second kappa shape index (κ2) is 6.84. The zero-order valence-electron chi connectivity index (χ0n) is 12.0. The van der Waals surface area contributed by atoms with Crippen LogP contribution in [0.1, 0.15) is 40.5 Å². The van der Waals surface area contributed by atoms with Gasteiger partial charge in [-0.2, -0.15) is 17.0 Å². The van der Waals surface area contributed by atoms with Crippen LogP contribution in [0.4, 0.5) is 0 Å². The van der Waals surface area contributed by atoms with Gasteiger partial charge in [0.1, 0.15) is 0 Å². The molecular weight excluding hydrogens is 250 g/mol. The molecule has 18 heavy (non-hydrogen) atoms. The molecule has 0 aromatic heterocycles. The first kappa shape index (κ1) is 15.9. The Morgan fingerprint density at radius 2 is 1.89 bits per heavy atom. The Labute approximate surface area is 112 Å². The first-order chi connectivity index (χ1) is 8.43. The molecule has 1 unspecified atom stereocenters. The SMILES string of the molecule is CCN(CC)S(=O)(=O)N(CC1CCCN1)C(C)C. The van der Waals surface area contributed by atoms with Crippen LogP contribution < -0.4 is 5.32 Å². The predicted octanol–water partition coefficient (Wildman–Crippen LogP) is 1.04. The molecule has 1 aliphatic rings. The van der Waals surface area contributed by atoms with Crippen molar-refractivity contribution < 1.29 is 8.42 Å². The van der Waals surface area contributed by atoms with Gasteiger partial charge in [-0.3, -0.25) is 0 Å². The molecule has 1 atom stereocenters. The van der Waals surface area contributed by atoms with E-state index in [4.69, 9.17) is 0 Å². The molecule has 108 valence electrons. The van der Waals surface area contributed by atoms with Crippen molar-refractivity contribution in [3.05, 3.63) is 0 Å². The summed E-state index contributed by atoms with van der Waals surface area (Å²) >= 11 is 0. The van der Waals surface area contributed by atoms with Crippen LogP contribution in [0.5, 0.6) is 0 Å². The van der Waals surface area contributed by atoms with Crippen molar-refractivity contribution in [2.75, 3.05) is 26.2 Å². The largest absolute Gasteiger partial charge is 0.313 e. The number of nitrogens with one attached hydrogen (secondary N) is 1.